The highest BCUT2D eigenvalue weighted by atomic mass is 16.5. The smallest absolute Gasteiger partial charge is 0.244 e. The second-order valence-electron chi connectivity index (χ2n) is 6.82. The van der Waals surface area contributed by atoms with E-state index >= 15 is 0 Å². The number of ether oxygens (including phenoxy) is 1. The maximum atomic E-state index is 11.8. The van der Waals surface area contributed by atoms with Crippen LogP contribution in [0.2, 0.25) is 0 Å². The molecule has 2 rings (SSSR count). The Labute approximate surface area is 148 Å². The van der Waals surface area contributed by atoms with Crippen LogP contribution in [0.4, 0.5) is 0 Å². The average Bonchev–Trinajstić information content (AvgIpc) is 2.56. The SMILES string of the molecule is COc1ccc2cc(/C=C/C(=O)NCC(=O)NC(C)(C)C)ccc2c1. The zero-order valence-electron chi connectivity index (χ0n) is 15.1. The van der Waals surface area contributed by atoms with Crippen molar-refractivity contribution in [1.29, 1.82) is 0 Å². The van der Waals surface area contributed by atoms with Crippen molar-refractivity contribution in [1.82, 2.24) is 10.6 Å². The summed E-state index contributed by atoms with van der Waals surface area (Å²) >= 11 is 0. The number of carbonyl (C=O) groups is 2. The van der Waals surface area contributed by atoms with Gasteiger partial charge in [-0.25, -0.2) is 0 Å². The molecule has 5 heteroatoms. The van der Waals surface area contributed by atoms with E-state index in [2.05, 4.69) is 10.6 Å². The van der Waals surface area contributed by atoms with Gasteiger partial charge in [-0.3, -0.25) is 9.59 Å². The molecule has 0 bridgehead atoms. The minimum Gasteiger partial charge on any atom is -0.497 e. The van der Waals surface area contributed by atoms with Crippen LogP contribution >= 0.6 is 0 Å². The van der Waals surface area contributed by atoms with Gasteiger partial charge in [0.05, 0.1) is 13.7 Å². The highest BCUT2D eigenvalue weighted by molar-refractivity contribution is 5.95. The van der Waals surface area contributed by atoms with E-state index in [-0.39, 0.29) is 23.9 Å². The fraction of sp³-hybridized carbons (Fsp3) is 0.300. The van der Waals surface area contributed by atoms with Crippen LogP contribution in [0.3, 0.4) is 0 Å². The molecule has 0 aromatic heterocycles. The number of methoxy groups -OCH3 is 1. The normalized spacial score (nSPS) is 11.5. The van der Waals surface area contributed by atoms with Crippen LogP contribution in [-0.2, 0) is 9.59 Å². The van der Waals surface area contributed by atoms with Crippen LogP contribution in [0.15, 0.2) is 42.5 Å². The van der Waals surface area contributed by atoms with Crippen molar-refractivity contribution in [2.45, 2.75) is 26.3 Å². The number of hydrogen-bond acceptors (Lipinski definition) is 3. The molecule has 2 N–H and O–H groups in total. The third kappa shape index (κ3) is 5.95. The predicted octanol–water partition coefficient (Wildman–Crippen LogP) is 2.89. The van der Waals surface area contributed by atoms with Crippen molar-refractivity contribution in [2.75, 3.05) is 13.7 Å². The zero-order valence-corrected chi connectivity index (χ0v) is 15.1. The van der Waals surface area contributed by atoms with Gasteiger partial charge in [0.15, 0.2) is 0 Å². The molecular formula is C20H24N2O3. The number of nitrogens with one attached hydrogen (secondary N) is 2. The van der Waals surface area contributed by atoms with Crippen molar-refractivity contribution in [3.05, 3.63) is 48.0 Å². The maximum Gasteiger partial charge on any atom is 0.244 e. The molecule has 0 aliphatic rings. The number of carbonyl (C=O) groups excluding carboxylic acids is 2. The van der Waals surface area contributed by atoms with E-state index in [1.54, 1.807) is 13.2 Å². The summed E-state index contributed by atoms with van der Waals surface area (Å²) in [5, 5.41) is 7.50. The van der Waals surface area contributed by atoms with Gasteiger partial charge in [-0.15, -0.1) is 0 Å². The topological polar surface area (TPSA) is 67.4 Å². The zero-order chi connectivity index (χ0) is 18.4. The predicted molar refractivity (Wildman–Crippen MR) is 100 cm³/mol. The minimum atomic E-state index is -0.314. The van der Waals surface area contributed by atoms with E-state index in [0.29, 0.717) is 0 Å². The van der Waals surface area contributed by atoms with Crippen molar-refractivity contribution < 1.29 is 14.3 Å². The average molecular weight is 340 g/mol. The largest absolute Gasteiger partial charge is 0.497 e. The fourth-order valence-corrected chi connectivity index (χ4v) is 2.33. The highest BCUT2D eigenvalue weighted by Gasteiger charge is 2.13. The first-order valence-electron chi connectivity index (χ1n) is 8.11. The summed E-state index contributed by atoms with van der Waals surface area (Å²) < 4.78 is 5.21. The lowest BCUT2D eigenvalue weighted by molar-refractivity contribution is -0.124. The summed E-state index contributed by atoms with van der Waals surface area (Å²) in [6.07, 6.45) is 3.15. The summed E-state index contributed by atoms with van der Waals surface area (Å²) in [5.41, 5.74) is 0.595. The molecule has 0 aliphatic heterocycles. The molecule has 5 nitrogen and oxygen atoms in total. The first-order chi connectivity index (χ1) is 11.8. The van der Waals surface area contributed by atoms with Crippen LogP contribution in [0.25, 0.3) is 16.8 Å². The Bertz CT molecular complexity index is 804. The van der Waals surface area contributed by atoms with Gasteiger partial charge < -0.3 is 15.4 Å². The fourth-order valence-electron chi connectivity index (χ4n) is 2.33. The third-order valence-corrected chi connectivity index (χ3v) is 3.44. The van der Waals surface area contributed by atoms with Crippen LogP contribution in [0.1, 0.15) is 26.3 Å². The van der Waals surface area contributed by atoms with E-state index < -0.39 is 0 Å². The second-order valence-corrected chi connectivity index (χ2v) is 6.82. The van der Waals surface area contributed by atoms with Crippen LogP contribution in [0, 0.1) is 0 Å². The Hall–Kier alpha value is -2.82. The van der Waals surface area contributed by atoms with Crippen LogP contribution in [-0.4, -0.2) is 31.0 Å². The molecule has 0 aliphatic carbocycles. The Morgan fingerprint density at radius 3 is 2.44 bits per heavy atom. The van der Waals surface area contributed by atoms with Crippen molar-refractivity contribution in [2.24, 2.45) is 0 Å². The molecule has 0 fully saturated rings. The lowest BCUT2D eigenvalue weighted by atomic mass is 10.1. The number of hydrogen-bond donors (Lipinski definition) is 2. The molecule has 0 atom stereocenters. The van der Waals surface area contributed by atoms with E-state index in [9.17, 15) is 9.59 Å². The standard InChI is InChI=1S/C20H24N2O3/c1-20(2,3)22-19(24)13-21-18(23)10-6-14-5-7-16-12-17(25-4)9-8-15(16)11-14/h5-12H,13H2,1-4H3,(H,21,23)(H,22,24)/b10-6+. The van der Waals surface area contributed by atoms with Gasteiger partial charge in [-0.05, 0) is 61.4 Å². The van der Waals surface area contributed by atoms with Crippen molar-refractivity contribution in [3.8, 4) is 5.75 Å². The summed E-state index contributed by atoms with van der Waals surface area (Å²) in [5.74, 6) is 0.288. The number of rotatable bonds is 5. The summed E-state index contributed by atoms with van der Waals surface area (Å²) in [6, 6.07) is 11.7. The Balaban J connectivity index is 1.95. The van der Waals surface area contributed by atoms with Gasteiger partial charge in [0.25, 0.3) is 0 Å². The number of benzene rings is 2. The number of amides is 2. The Kier molecular flexibility index (Phi) is 5.80. The summed E-state index contributed by atoms with van der Waals surface area (Å²) in [7, 11) is 1.64. The monoisotopic (exact) mass is 340 g/mol. The van der Waals surface area contributed by atoms with E-state index in [4.69, 9.17) is 4.74 Å². The second kappa shape index (κ2) is 7.83. The molecule has 0 saturated carbocycles. The van der Waals surface area contributed by atoms with E-state index in [1.165, 1.54) is 6.08 Å². The Morgan fingerprint density at radius 2 is 1.76 bits per heavy atom. The summed E-state index contributed by atoms with van der Waals surface area (Å²) in [6.45, 7) is 5.63. The molecular weight excluding hydrogens is 316 g/mol. The van der Waals surface area contributed by atoms with Gasteiger partial charge in [-0.1, -0.05) is 18.2 Å². The lowest BCUT2D eigenvalue weighted by Gasteiger charge is -2.20. The van der Waals surface area contributed by atoms with Gasteiger partial charge in [0.1, 0.15) is 5.75 Å². The first-order valence-corrected chi connectivity index (χ1v) is 8.11. The van der Waals surface area contributed by atoms with E-state index in [0.717, 1.165) is 22.1 Å². The van der Waals surface area contributed by atoms with Gasteiger partial charge >= 0.3 is 0 Å². The Morgan fingerprint density at radius 1 is 1.08 bits per heavy atom. The molecule has 0 spiro atoms. The quantitative estimate of drug-likeness (QED) is 0.823. The number of fused-ring (bicyclic) bond motifs is 1. The molecule has 2 aromatic rings. The van der Waals surface area contributed by atoms with E-state index in [1.807, 2.05) is 57.2 Å². The third-order valence-electron chi connectivity index (χ3n) is 3.44. The van der Waals surface area contributed by atoms with Crippen molar-refractivity contribution >= 4 is 28.7 Å². The lowest BCUT2D eigenvalue weighted by Crippen LogP contribution is -2.45. The molecule has 25 heavy (non-hydrogen) atoms. The highest BCUT2D eigenvalue weighted by Crippen LogP contribution is 2.22. The molecule has 0 radical (unpaired) electrons. The molecule has 0 heterocycles. The first kappa shape index (κ1) is 18.5. The molecule has 2 amide bonds. The van der Waals surface area contributed by atoms with Crippen molar-refractivity contribution in [3.63, 3.8) is 0 Å². The molecule has 132 valence electrons. The molecule has 2 aromatic carbocycles. The van der Waals surface area contributed by atoms with Gasteiger partial charge in [-0.2, -0.15) is 0 Å². The van der Waals surface area contributed by atoms with Crippen LogP contribution in [0.5, 0.6) is 5.75 Å². The van der Waals surface area contributed by atoms with Crippen LogP contribution < -0.4 is 15.4 Å². The van der Waals surface area contributed by atoms with Gasteiger partial charge in [0.2, 0.25) is 11.8 Å². The van der Waals surface area contributed by atoms with Gasteiger partial charge in [0, 0.05) is 11.6 Å². The minimum absolute atomic E-state index is 0.0437. The maximum absolute atomic E-state index is 11.8. The molecule has 0 unspecified atom stereocenters. The summed E-state index contributed by atoms with van der Waals surface area (Å²) in [4.78, 5) is 23.5. The molecule has 0 saturated heterocycles.